The summed E-state index contributed by atoms with van der Waals surface area (Å²) >= 11 is 0. The molecule has 27 heavy (non-hydrogen) atoms. The molecule has 1 unspecified atom stereocenters. The molecule has 0 saturated carbocycles. The summed E-state index contributed by atoms with van der Waals surface area (Å²) in [6, 6.07) is 5.03. The number of amides is 2. The van der Waals surface area contributed by atoms with Crippen molar-refractivity contribution < 1.29 is 19.5 Å². The van der Waals surface area contributed by atoms with Gasteiger partial charge in [0, 0.05) is 19.9 Å². The van der Waals surface area contributed by atoms with E-state index in [-0.39, 0.29) is 24.4 Å². The fourth-order valence-corrected chi connectivity index (χ4v) is 3.58. The number of hydrogen-bond acceptors (Lipinski definition) is 4. The van der Waals surface area contributed by atoms with E-state index in [2.05, 4.69) is 5.32 Å². The lowest BCUT2D eigenvalue weighted by molar-refractivity contribution is -0.137. The summed E-state index contributed by atoms with van der Waals surface area (Å²) in [5.41, 5.74) is 2.20. The van der Waals surface area contributed by atoms with Gasteiger partial charge in [0.2, 0.25) is 11.8 Å². The zero-order valence-electron chi connectivity index (χ0n) is 15.2. The number of carboxylic acid groups (broad SMARTS) is 1. The molecule has 0 aliphatic carbocycles. The molecule has 1 aliphatic rings. The Bertz CT molecular complexity index is 956. The van der Waals surface area contributed by atoms with Crippen molar-refractivity contribution in [2.24, 2.45) is 7.05 Å². The van der Waals surface area contributed by atoms with E-state index in [1.54, 1.807) is 7.05 Å². The highest BCUT2D eigenvalue weighted by Gasteiger charge is 2.31. The molecule has 1 aliphatic heterocycles. The van der Waals surface area contributed by atoms with Crippen molar-refractivity contribution in [3.05, 3.63) is 34.2 Å². The van der Waals surface area contributed by atoms with Crippen molar-refractivity contribution in [1.82, 2.24) is 14.5 Å². The summed E-state index contributed by atoms with van der Waals surface area (Å²) in [5.74, 6) is -1.53. The molecular formula is C19H23N3O5. The van der Waals surface area contributed by atoms with E-state index in [0.29, 0.717) is 18.4 Å². The molecule has 1 fully saturated rings. The summed E-state index contributed by atoms with van der Waals surface area (Å²) < 4.78 is 2.99. The zero-order valence-corrected chi connectivity index (χ0v) is 15.2. The van der Waals surface area contributed by atoms with Gasteiger partial charge in [0.25, 0.3) is 0 Å². The number of carbonyl (C=O) groups is 3. The average Bonchev–Trinajstić information content (AvgIpc) is 2.86. The van der Waals surface area contributed by atoms with Crippen LogP contribution in [0.2, 0.25) is 0 Å². The second-order valence-electron chi connectivity index (χ2n) is 6.96. The van der Waals surface area contributed by atoms with E-state index in [0.717, 1.165) is 30.3 Å². The maximum absolute atomic E-state index is 12.7. The smallest absolute Gasteiger partial charge is 0.329 e. The number of rotatable bonds is 7. The van der Waals surface area contributed by atoms with E-state index in [1.165, 1.54) is 9.13 Å². The third-order valence-corrected chi connectivity index (χ3v) is 5.03. The van der Waals surface area contributed by atoms with E-state index >= 15 is 0 Å². The van der Waals surface area contributed by atoms with Crippen LogP contribution in [0.5, 0.6) is 0 Å². The number of hydrogen-bond donors (Lipinski definition) is 2. The van der Waals surface area contributed by atoms with Crippen LogP contribution in [0.25, 0.3) is 11.0 Å². The predicted octanol–water partition coefficient (Wildman–Crippen LogP) is 1.51. The van der Waals surface area contributed by atoms with Gasteiger partial charge in [-0.1, -0.05) is 12.5 Å². The molecule has 0 bridgehead atoms. The standard InChI is InChI=1S/C19H23N3O5/c1-21-15-11-12(5-3-2-4-6-17(24)25)7-8-13(15)22(19(21)27)14-9-10-16(23)20-18(14)26/h7-8,11,14H,2-6,9-10H2,1H3,(H,24,25)(H,20,23,26). The first-order valence-electron chi connectivity index (χ1n) is 9.14. The second kappa shape index (κ2) is 7.77. The van der Waals surface area contributed by atoms with Crippen molar-refractivity contribution in [1.29, 1.82) is 0 Å². The largest absolute Gasteiger partial charge is 0.481 e. The summed E-state index contributed by atoms with van der Waals surface area (Å²) in [6.45, 7) is 0. The molecule has 1 saturated heterocycles. The number of benzene rings is 1. The second-order valence-corrected chi connectivity index (χ2v) is 6.96. The van der Waals surface area contributed by atoms with Gasteiger partial charge in [-0.15, -0.1) is 0 Å². The summed E-state index contributed by atoms with van der Waals surface area (Å²) in [5, 5.41) is 11.0. The highest BCUT2D eigenvalue weighted by atomic mass is 16.4. The minimum atomic E-state index is -0.777. The Labute approximate surface area is 155 Å². The molecule has 2 amide bonds. The first kappa shape index (κ1) is 18.9. The van der Waals surface area contributed by atoms with E-state index in [1.807, 2.05) is 18.2 Å². The molecule has 0 spiro atoms. The number of piperidine rings is 1. The first-order chi connectivity index (χ1) is 12.9. The lowest BCUT2D eigenvalue weighted by atomic mass is 10.0. The number of carbonyl (C=O) groups excluding carboxylic acids is 2. The molecule has 0 radical (unpaired) electrons. The van der Waals surface area contributed by atoms with Crippen LogP contribution in [0.3, 0.4) is 0 Å². The fourth-order valence-electron chi connectivity index (χ4n) is 3.58. The molecule has 1 atom stereocenters. The van der Waals surface area contributed by atoms with Crippen molar-refractivity contribution in [2.75, 3.05) is 0 Å². The highest BCUT2D eigenvalue weighted by molar-refractivity contribution is 6.00. The maximum Gasteiger partial charge on any atom is 0.329 e. The maximum atomic E-state index is 12.7. The average molecular weight is 373 g/mol. The van der Waals surface area contributed by atoms with Crippen molar-refractivity contribution in [3.8, 4) is 0 Å². The Kier molecular flexibility index (Phi) is 5.43. The fraction of sp³-hybridized carbons (Fsp3) is 0.474. The van der Waals surface area contributed by atoms with Gasteiger partial charge >= 0.3 is 11.7 Å². The van der Waals surface area contributed by atoms with Crippen LogP contribution in [0.1, 0.15) is 50.1 Å². The van der Waals surface area contributed by atoms with Crippen LogP contribution >= 0.6 is 0 Å². The number of unbranched alkanes of at least 4 members (excludes halogenated alkanes) is 2. The number of aryl methyl sites for hydroxylation is 2. The van der Waals surface area contributed by atoms with Gasteiger partial charge < -0.3 is 5.11 Å². The van der Waals surface area contributed by atoms with Crippen LogP contribution in [0.4, 0.5) is 0 Å². The third-order valence-electron chi connectivity index (χ3n) is 5.03. The molecule has 2 heterocycles. The monoisotopic (exact) mass is 373 g/mol. The molecule has 2 N–H and O–H groups in total. The van der Waals surface area contributed by atoms with Crippen LogP contribution < -0.4 is 11.0 Å². The van der Waals surface area contributed by atoms with Crippen LogP contribution in [-0.4, -0.2) is 32.0 Å². The summed E-state index contributed by atoms with van der Waals surface area (Å²) in [7, 11) is 1.67. The number of carboxylic acids is 1. The first-order valence-corrected chi connectivity index (χ1v) is 9.14. The van der Waals surface area contributed by atoms with Crippen LogP contribution in [0, 0.1) is 0 Å². The Hall–Kier alpha value is -2.90. The number of imide groups is 1. The number of nitrogens with one attached hydrogen (secondary N) is 1. The summed E-state index contributed by atoms with van der Waals surface area (Å²) in [4.78, 5) is 46.8. The Morgan fingerprint density at radius 1 is 1.19 bits per heavy atom. The van der Waals surface area contributed by atoms with Gasteiger partial charge in [-0.2, -0.15) is 0 Å². The van der Waals surface area contributed by atoms with Gasteiger partial charge in [0.05, 0.1) is 11.0 Å². The number of imidazole rings is 1. The van der Waals surface area contributed by atoms with Gasteiger partial charge in [-0.25, -0.2) is 4.79 Å². The SMILES string of the molecule is Cn1c(=O)n(C2CCC(=O)NC2=O)c2ccc(CCCCCC(=O)O)cc21. The van der Waals surface area contributed by atoms with Crippen LogP contribution in [0.15, 0.2) is 23.0 Å². The van der Waals surface area contributed by atoms with Gasteiger partial charge in [0.1, 0.15) is 6.04 Å². The Morgan fingerprint density at radius 2 is 1.96 bits per heavy atom. The summed E-state index contributed by atoms with van der Waals surface area (Å²) in [6.07, 6.45) is 3.88. The highest BCUT2D eigenvalue weighted by Crippen LogP contribution is 2.24. The topological polar surface area (TPSA) is 110 Å². The lowest BCUT2D eigenvalue weighted by Gasteiger charge is -2.21. The number of nitrogens with zero attached hydrogens (tertiary/aromatic N) is 2. The zero-order chi connectivity index (χ0) is 19.6. The Balaban J connectivity index is 1.81. The molecule has 1 aromatic heterocycles. The van der Waals surface area contributed by atoms with Crippen LogP contribution in [-0.2, 0) is 27.9 Å². The molecule has 144 valence electrons. The van der Waals surface area contributed by atoms with Gasteiger partial charge in [-0.3, -0.25) is 28.8 Å². The quantitative estimate of drug-likeness (QED) is 0.564. The van der Waals surface area contributed by atoms with E-state index in [4.69, 9.17) is 5.11 Å². The molecule has 2 aromatic rings. The number of aliphatic carboxylic acids is 1. The molecule has 8 heteroatoms. The van der Waals surface area contributed by atoms with Crippen molar-refractivity contribution in [3.63, 3.8) is 0 Å². The minimum absolute atomic E-state index is 0.183. The predicted molar refractivity (Wildman–Crippen MR) is 98.4 cm³/mol. The number of aromatic nitrogens is 2. The minimum Gasteiger partial charge on any atom is -0.481 e. The Morgan fingerprint density at radius 3 is 2.67 bits per heavy atom. The van der Waals surface area contributed by atoms with E-state index in [9.17, 15) is 19.2 Å². The molecule has 3 rings (SSSR count). The van der Waals surface area contributed by atoms with Gasteiger partial charge in [0.15, 0.2) is 0 Å². The van der Waals surface area contributed by atoms with Crippen molar-refractivity contribution in [2.45, 2.75) is 51.0 Å². The lowest BCUT2D eigenvalue weighted by Crippen LogP contribution is -2.44. The molecule has 8 nitrogen and oxygen atoms in total. The third kappa shape index (κ3) is 3.94. The molecular weight excluding hydrogens is 350 g/mol. The normalized spacial score (nSPS) is 17.3. The van der Waals surface area contributed by atoms with Gasteiger partial charge in [-0.05, 0) is 43.4 Å². The van der Waals surface area contributed by atoms with E-state index < -0.39 is 17.9 Å². The molecule has 1 aromatic carbocycles. The number of fused-ring (bicyclic) bond motifs is 1. The van der Waals surface area contributed by atoms with Crippen molar-refractivity contribution >= 4 is 28.8 Å².